The summed E-state index contributed by atoms with van der Waals surface area (Å²) < 4.78 is 4.97. The summed E-state index contributed by atoms with van der Waals surface area (Å²) in [7, 11) is 1.61. The zero-order valence-electron chi connectivity index (χ0n) is 7.73. The van der Waals surface area contributed by atoms with Crippen molar-refractivity contribution in [3.8, 4) is 0 Å². The van der Waals surface area contributed by atoms with E-state index < -0.39 is 6.23 Å². The monoisotopic (exact) mass is 201 g/mol. The van der Waals surface area contributed by atoms with Crippen molar-refractivity contribution in [1.82, 2.24) is 4.90 Å². The lowest BCUT2D eigenvalue weighted by atomic mass is 10.5. The molecule has 4 nitrogen and oxygen atoms in total. The molecule has 0 saturated heterocycles. The zero-order chi connectivity index (χ0) is 10.0. The van der Waals surface area contributed by atoms with E-state index in [2.05, 4.69) is 0 Å². The quantitative estimate of drug-likeness (QED) is 0.614. The van der Waals surface area contributed by atoms with Gasteiger partial charge in [0.05, 0.1) is 4.91 Å². The summed E-state index contributed by atoms with van der Waals surface area (Å²) in [6.45, 7) is 1.33. The predicted octanol–water partition coefficient (Wildman–Crippen LogP) is 0.595. The first kappa shape index (κ1) is 10.1. The van der Waals surface area contributed by atoms with E-state index in [1.165, 1.54) is 29.7 Å². The Bertz CT molecular complexity index is 275. The Morgan fingerprint density at radius 1 is 1.69 bits per heavy atom. The van der Waals surface area contributed by atoms with Crippen LogP contribution in [-0.4, -0.2) is 36.3 Å². The number of hydrogen-bond donors (Lipinski definition) is 0. The van der Waals surface area contributed by atoms with Crippen molar-refractivity contribution in [1.29, 1.82) is 0 Å². The zero-order valence-corrected chi connectivity index (χ0v) is 8.55. The molecular weight excluding hydrogens is 190 g/mol. The smallest absolute Gasteiger partial charge is 0.304 e. The molecule has 1 heterocycles. The van der Waals surface area contributed by atoms with E-state index in [4.69, 9.17) is 4.74 Å². The van der Waals surface area contributed by atoms with Crippen LogP contribution in [0.25, 0.3) is 0 Å². The highest BCUT2D eigenvalue weighted by atomic mass is 32.2. The Hall–Kier alpha value is -0.970. The molecule has 0 aromatic carbocycles. The van der Waals surface area contributed by atoms with Gasteiger partial charge in [0.15, 0.2) is 0 Å². The van der Waals surface area contributed by atoms with Crippen molar-refractivity contribution in [2.24, 2.45) is 0 Å². The molecule has 1 aliphatic rings. The number of hydrogen-bond acceptors (Lipinski definition) is 4. The summed E-state index contributed by atoms with van der Waals surface area (Å²) in [5.41, 5.74) is 0. The van der Waals surface area contributed by atoms with Crippen LogP contribution in [0.15, 0.2) is 11.0 Å². The number of amides is 1. The molecule has 0 bridgehead atoms. The van der Waals surface area contributed by atoms with Gasteiger partial charge in [-0.1, -0.05) is 0 Å². The fourth-order valence-electron chi connectivity index (χ4n) is 1.06. The molecule has 0 radical (unpaired) electrons. The lowest BCUT2D eigenvalue weighted by Crippen LogP contribution is -2.34. The van der Waals surface area contributed by atoms with E-state index >= 15 is 0 Å². The second-order valence-electron chi connectivity index (χ2n) is 2.66. The van der Waals surface area contributed by atoms with E-state index in [0.717, 1.165) is 4.91 Å². The molecule has 1 unspecified atom stereocenters. The number of rotatable bonds is 2. The molecule has 1 amide bonds. The molecule has 5 heteroatoms. The highest BCUT2D eigenvalue weighted by Crippen LogP contribution is 2.27. The Labute approximate surface area is 80.9 Å². The van der Waals surface area contributed by atoms with Gasteiger partial charge in [-0.15, -0.1) is 11.8 Å². The van der Waals surface area contributed by atoms with Crippen molar-refractivity contribution in [3.63, 3.8) is 0 Å². The number of thioether (sulfide) groups is 1. The van der Waals surface area contributed by atoms with Crippen LogP contribution in [0.1, 0.15) is 6.92 Å². The van der Waals surface area contributed by atoms with Crippen LogP contribution >= 0.6 is 11.8 Å². The maximum Gasteiger partial charge on any atom is 0.304 e. The van der Waals surface area contributed by atoms with Crippen LogP contribution in [0.5, 0.6) is 0 Å². The maximum absolute atomic E-state index is 11.2. The predicted molar refractivity (Wildman–Crippen MR) is 49.9 cm³/mol. The van der Waals surface area contributed by atoms with Crippen LogP contribution in [0.2, 0.25) is 0 Å². The third-order valence-corrected chi connectivity index (χ3v) is 2.51. The van der Waals surface area contributed by atoms with Gasteiger partial charge in [0.1, 0.15) is 0 Å². The van der Waals surface area contributed by atoms with Gasteiger partial charge in [0.2, 0.25) is 12.1 Å². The minimum Gasteiger partial charge on any atom is -0.437 e. The molecule has 0 aromatic heterocycles. The number of esters is 1. The topological polar surface area (TPSA) is 46.6 Å². The molecule has 0 fully saturated rings. The molecule has 0 spiro atoms. The summed E-state index contributed by atoms with van der Waals surface area (Å²) in [6.07, 6.45) is 2.80. The molecule has 0 N–H and O–H groups in total. The third-order valence-electron chi connectivity index (χ3n) is 1.72. The minimum absolute atomic E-state index is 0.129. The SMILES string of the molecule is CSC1=CC(=O)N(C)C1OC(C)=O. The first-order valence-corrected chi connectivity index (χ1v) is 4.98. The van der Waals surface area contributed by atoms with Crippen LogP contribution in [0.3, 0.4) is 0 Å². The lowest BCUT2D eigenvalue weighted by molar-refractivity contribution is -0.153. The number of carbonyl (C=O) groups excluding carboxylic acids is 2. The summed E-state index contributed by atoms with van der Waals surface area (Å²) in [4.78, 5) is 24.1. The van der Waals surface area contributed by atoms with E-state index in [1.54, 1.807) is 7.05 Å². The second kappa shape index (κ2) is 3.83. The van der Waals surface area contributed by atoms with Gasteiger partial charge in [-0.25, -0.2) is 0 Å². The Morgan fingerprint density at radius 3 is 2.77 bits per heavy atom. The van der Waals surface area contributed by atoms with E-state index in [9.17, 15) is 9.59 Å². The van der Waals surface area contributed by atoms with Gasteiger partial charge >= 0.3 is 5.97 Å². The molecule has 0 saturated carbocycles. The molecule has 72 valence electrons. The maximum atomic E-state index is 11.2. The van der Waals surface area contributed by atoms with Crippen LogP contribution in [0, 0.1) is 0 Å². The second-order valence-corrected chi connectivity index (χ2v) is 3.54. The highest BCUT2D eigenvalue weighted by molar-refractivity contribution is 8.02. The molecule has 0 aromatic rings. The number of carbonyl (C=O) groups is 2. The molecule has 1 aliphatic heterocycles. The fraction of sp³-hybridized carbons (Fsp3) is 0.500. The standard InChI is InChI=1S/C8H11NO3S/c1-5(10)12-8-6(13-3)4-7(11)9(8)2/h4,8H,1-3H3. The lowest BCUT2D eigenvalue weighted by Gasteiger charge is -2.21. The minimum atomic E-state index is -0.528. The normalized spacial score (nSPS) is 21.8. The third kappa shape index (κ3) is 2.03. The van der Waals surface area contributed by atoms with Gasteiger partial charge in [-0.05, 0) is 6.26 Å². The number of ether oxygens (including phenoxy) is 1. The van der Waals surface area contributed by atoms with Crippen molar-refractivity contribution in [3.05, 3.63) is 11.0 Å². The van der Waals surface area contributed by atoms with Gasteiger partial charge in [0, 0.05) is 20.0 Å². The van der Waals surface area contributed by atoms with Crippen molar-refractivity contribution >= 4 is 23.6 Å². The van der Waals surface area contributed by atoms with Gasteiger partial charge in [-0.3, -0.25) is 9.59 Å². The van der Waals surface area contributed by atoms with Crippen LogP contribution < -0.4 is 0 Å². The van der Waals surface area contributed by atoms with Gasteiger partial charge in [0.25, 0.3) is 0 Å². The summed E-state index contributed by atoms with van der Waals surface area (Å²) >= 11 is 1.41. The molecule has 0 aliphatic carbocycles. The van der Waals surface area contributed by atoms with Gasteiger partial charge in [-0.2, -0.15) is 0 Å². The first-order chi connectivity index (χ1) is 6.06. The highest BCUT2D eigenvalue weighted by Gasteiger charge is 2.31. The van der Waals surface area contributed by atoms with E-state index in [1.807, 2.05) is 6.26 Å². The van der Waals surface area contributed by atoms with Gasteiger partial charge < -0.3 is 9.64 Å². The first-order valence-electron chi connectivity index (χ1n) is 3.76. The van der Waals surface area contributed by atoms with Crippen molar-refractivity contribution in [2.45, 2.75) is 13.2 Å². The summed E-state index contributed by atoms with van der Waals surface area (Å²) in [6, 6.07) is 0. The Morgan fingerprint density at radius 2 is 2.31 bits per heavy atom. The molecular formula is C8H11NO3S. The Kier molecular flexibility index (Phi) is 2.98. The Balaban J connectivity index is 2.77. The summed E-state index contributed by atoms with van der Waals surface area (Å²) in [5.74, 6) is -0.512. The molecule has 13 heavy (non-hydrogen) atoms. The average Bonchev–Trinajstić information content (AvgIpc) is 2.31. The largest absolute Gasteiger partial charge is 0.437 e. The average molecular weight is 201 g/mol. The molecule has 1 rings (SSSR count). The fourth-order valence-corrected chi connectivity index (χ4v) is 1.68. The van der Waals surface area contributed by atoms with E-state index in [0.29, 0.717) is 0 Å². The van der Waals surface area contributed by atoms with Crippen molar-refractivity contribution in [2.75, 3.05) is 13.3 Å². The number of likely N-dealkylation sites (N-methyl/N-ethyl adjacent to an activating group) is 1. The number of nitrogens with zero attached hydrogens (tertiary/aromatic N) is 1. The summed E-state index contributed by atoms with van der Waals surface area (Å²) in [5, 5.41) is 0. The van der Waals surface area contributed by atoms with Crippen molar-refractivity contribution < 1.29 is 14.3 Å². The molecule has 1 atom stereocenters. The van der Waals surface area contributed by atoms with Crippen LogP contribution in [-0.2, 0) is 14.3 Å². The van der Waals surface area contributed by atoms with E-state index in [-0.39, 0.29) is 11.9 Å². The van der Waals surface area contributed by atoms with Crippen LogP contribution in [0.4, 0.5) is 0 Å².